The van der Waals surface area contributed by atoms with Crippen LogP contribution in [0.4, 0.5) is 5.69 Å². The van der Waals surface area contributed by atoms with E-state index in [0.717, 1.165) is 29.5 Å². The average molecular weight is 496 g/mol. The van der Waals surface area contributed by atoms with Gasteiger partial charge >= 0.3 is 0 Å². The molecule has 1 aromatic heterocycles. The van der Waals surface area contributed by atoms with Crippen molar-refractivity contribution in [2.75, 3.05) is 31.2 Å². The largest absolute Gasteiger partial charge is 0.485 e. The van der Waals surface area contributed by atoms with E-state index in [1.807, 2.05) is 42.5 Å². The molecule has 0 aliphatic carbocycles. The lowest BCUT2D eigenvalue weighted by Crippen LogP contribution is -2.36. The molecule has 0 radical (unpaired) electrons. The average Bonchev–Trinajstić information content (AvgIpc) is 2.84. The van der Waals surface area contributed by atoms with Crippen LogP contribution in [0.3, 0.4) is 0 Å². The van der Waals surface area contributed by atoms with E-state index in [1.165, 1.54) is 6.07 Å². The second kappa shape index (κ2) is 9.66. The molecular formula is C26H23Cl2N3O3. The predicted molar refractivity (Wildman–Crippen MR) is 136 cm³/mol. The summed E-state index contributed by atoms with van der Waals surface area (Å²) in [5, 5.41) is 3.03. The fourth-order valence-corrected chi connectivity index (χ4v) is 4.75. The van der Waals surface area contributed by atoms with Gasteiger partial charge in [-0.3, -0.25) is 9.36 Å². The minimum absolute atomic E-state index is 0.103. The van der Waals surface area contributed by atoms with Gasteiger partial charge in [0, 0.05) is 40.6 Å². The summed E-state index contributed by atoms with van der Waals surface area (Å²) in [7, 11) is 0. The van der Waals surface area contributed by atoms with Gasteiger partial charge in [0.2, 0.25) is 0 Å². The Morgan fingerprint density at radius 3 is 2.50 bits per heavy atom. The number of hydrogen-bond donors (Lipinski definition) is 0. The molecule has 0 amide bonds. The van der Waals surface area contributed by atoms with E-state index in [9.17, 15) is 4.79 Å². The number of anilines is 1. The van der Waals surface area contributed by atoms with E-state index >= 15 is 0 Å². The molecular weight excluding hydrogens is 473 g/mol. The number of benzene rings is 3. The van der Waals surface area contributed by atoms with E-state index in [0.29, 0.717) is 46.2 Å². The van der Waals surface area contributed by atoms with Crippen LogP contribution in [-0.2, 0) is 11.3 Å². The molecule has 6 nitrogen and oxygen atoms in total. The third-order valence-corrected chi connectivity index (χ3v) is 6.48. The second-order valence-electron chi connectivity index (χ2n) is 8.10. The molecule has 0 bridgehead atoms. The molecule has 1 saturated heterocycles. The molecule has 3 aromatic carbocycles. The summed E-state index contributed by atoms with van der Waals surface area (Å²) in [6.07, 6.45) is 0. The molecule has 174 valence electrons. The minimum Gasteiger partial charge on any atom is -0.485 e. The Morgan fingerprint density at radius 1 is 0.971 bits per heavy atom. The Morgan fingerprint density at radius 2 is 1.74 bits per heavy atom. The number of rotatable bonds is 5. The third-order valence-electron chi connectivity index (χ3n) is 5.85. The molecule has 0 spiro atoms. The normalized spacial score (nSPS) is 13.9. The van der Waals surface area contributed by atoms with Crippen LogP contribution >= 0.6 is 23.2 Å². The number of nitrogens with zero attached hydrogens (tertiary/aromatic N) is 3. The number of hydrogen-bond acceptors (Lipinski definition) is 5. The van der Waals surface area contributed by atoms with E-state index in [4.69, 9.17) is 32.7 Å². The number of halogens is 2. The number of fused-ring (bicyclic) bond motifs is 1. The maximum atomic E-state index is 13.0. The lowest BCUT2D eigenvalue weighted by Gasteiger charge is -2.29. The molecule has 1 fully saturated rings. The molecule has 1 aliphatic rings. The summed E-state index contributed by atoms with van der Waals surface area (Å²) in [5.41, 5.74) is 1.99. The second-order valence-corrected chi connectivity index (χ2v) is 8.92. The molecule has 0 saturated carbocycles. The molecule has 0 atom stereocenters. The summed E-state index contributed by atoms with van der Waals surface area (Å²) >= 11 is 13.0. The monoisotopic (exact) mass is 495 g/mol. The van der Waals surface area contributed by atoms with Crippen molar-refractivity contribution >= 4 is 39.7 Å². The molecule has 4 aromatic rings. The Bertz CT molecular complexity index is 1410. The Balaban J connectivity index is 1.49. The highest BCUT2D eigenvalue weighted by atomic mass is 35.5. The fraction of sp³-hybridized carbons (Fsp3) is 0.231. The van der Waals surface area contributed by atoms with Crippen LogP contribution in [-0.4, -0.2) is 35.9 Å². The van der Waals surface area contributed by atoms with Gasteiger partial charge in [-0.25, -0.2) is 4.98 Å². The van der Waals surface area contributed by atoms with Crippen molar-refractivity contribution in [3.05, 3.63) is 92.6 Å². The van der Waals surface area contributed by atoms with Crippen LogP contribution in [0.15, 0.2) is 65.5 Å². The van der Waals surface area contributed by atoms with Gasteiger partial charge in [-0.2, -0.15) is 0 Å². The molecule has 5 rings (SSSR count). The summed E-state index contributed by atoms with van der Waals surface area (Å²) in [4.78, 5) is 19.8. The summed E-state index contributed by atoms with van der Waals surface area (Å²) < 4.78 is 13.1. The maximum Gasteiger partial charge on any atom is 0.258 e. The van der Waals surface area contributed by atoms with Crippen LogP contribution in [0.2, 0.25) is 10.0 Å². The van der Waals surface area contributed by atoms with E-state index < -0.39 is 0 Å². The van der Waals surface area contributed by atoms with E-state index in [2.05, 4.69) is 9.88 Å². The predicted octanol–water partition coefficient (Wildman–Crippen LogP) is 5.42. The SMILES string of the molecule is Cc1cc(=O)n(-c2ccc(N3CCOCC3)c(Cl)c2)c(COc2ccc(Cl)c3ccccc23)n1. The maximum absolute atomic E-state index is 13.0. The van der Waals surface area contributed by atoms with Crippen molar-refractivity contribution < 1.29 is 9.47 Å². The molecule has 0 N–H and O–H groups in total. The minimum atomic E-state index is -0.192. The number of ether oxygens (including phenoxy) is 2. The van der Waals surface area contributed by atoms with Crippen LogP contribution in [0, 0.1) is 6.92 Å². The topological polar surface area (TPSA) is 56.6 Å². The third kappa shape index (κ3) is 4.49. The first-order valence-corrected chi connectivity index (χ1v) is 11.8. The molecule has 34 heavy (non-hydrogen) atoms. The van der Waals surface area contributed by atoms with Gasteiger partial charge in [-0.15, -0.1) is 0 Å². The highest BCUT2D eigenvalue weighted by molar-refractivity contribution is 6.35. The Kier molecular flexibility index (Phi) is 6.46. The molecule has 8 heteroatoms. The van der Waals surface area contributed by atoms with Crippen LogP contribution in [0.1, 0.15) is 11.5 Å². The molecule has 1 aliphatic heterocycles. The van der Waals surface area contributed by atoms with Crippen LogP contribution < -0.4 is 15.2 Å². The van der Waals surface area contributed by atoms with Crippen molar-refractivity contribution in [3.8, 4) is 11.4 Å². The van der Waals surface area contributed by atoms with E-state index in [-0.39, 0.29) is 12.2 Å². The Labute approximate surface area is 207 Å². The van der Waals surface area contributed by atoms with Crippen molar-refractivity contribution in [2.24, 2.45) is 0 Å². The standard InChI is InChI=1S/C26H23Cl2N3O3/c1-17-14-26(32)31(18-6-8-23(22(28)15-18)30-10-12-33-13-11-30)25(29-17)16-34-24-9-7-21(27)19-4-2-3-5-20(19)24/h2-9,14-15H,10-13,16H2,1H3. The van der Waals surface area contributed by atoms with Crippen LogP contribution in [0.5, 0.6) is 5.75 Å². The van der Waals surface area contributed by atoms with Gasteiger partial charge in [-0.1, -0.05) is 47.5 Å². The van der Waals surface area contributed by atoms with Gasteiger partial charge in [0.25, 0.3) is 5.56 Å². The fourth-order valence-electron chi connectivity index (χ4n) is 4.23. The first-order chi connectivity index (χ1) is 16.5. The lowest BCUT2D eigenvalue weighted by molar-refractivity contribution is 0.122. The number of aryl methyl sites for hydroxylation is 1. The lowest BCUT2D eigenvalue weighted by atomic mass is 10.1. The van der Waals surface area contributed by atoms with Crippen LogP contribution in [0.25, 0.3) is 16.5 Å². The highest BCUT2D eigenvalue weighted by Crippen LogP contribution is 2.32. The Hall–Kier alpha value is -3.06. The highest BCUT2D eigenvalue weighted by Gasteiger charge is 2.17. The first kappa shape index (κ1) is 22.7. The molecule has 0 unspecified atom stereocenters. The zero-order valence-electron chi connectivity index (χ0n) is 18.6. The zero-order valence-corrected chi connectivity index (χ0v) is 20.1. The zero-order chi connectivity index (χ0) is 23.7. The van der Waals surface area contributed by atoms with Crippen molar-refractivity contribution in [1.82, 2.24) is 9.55 Å². The summed E-state index contributed by atoms with van der Waals surface area (Å²) in [6, 6.07) is 18.5. The summed E-state index contributed by atoms with van der Waals surface area (Å²) in [5.74, 6) is 1.15. The molecule has 2 heterocycles. The van der Waals surface area contributed by atoms with E-state index in [1.54, 1.807) is 23.6 Å². The number of morpholine rings is 1. The van der Waals surface area contributed by atoms with Crippen molar-refractivity contribution in [1.29, 1.82) is 0 Å². The summed E-state index contributed by atoms with van der Waals surface area (Å²) in [6.45, 7) is 4.78. The van der Waals surface area contributed by atoms with Gasteiger partial charge in [-0.05, 0) is 37.3 Å². The smallest absolute Gasteiger partial charge is 0.258 e. The van der Waals surface area contributed by atoms with Gasteiger partial charge in [0.1, 0.15) is 12.4 Å². The van der Waals surface area contributed by atoms with Gasteiger partial charge in [0.15, 0.2) is 5.82 Å². The number of aromatic nitrogens is 2. The van der Waals surface area contributed by atoms with Crippen molar-refractivity contribution in [3.63, 3.8) is 0 Å². The first-order valence-electron chi connectivity index (χ1n) is 11.0. The van der Waals surface area contributed by atoms with Crippen molar-refractivity contribution in [2.45, 2.75) is 13.5 Å². The van der Waals surface area contributed by atoms with Gasteiger partial charge in [0.05, 0.1) is 29.6 Å². The van der Waals surface area contributed by atoms with Gasteiger partial charge < -0.3 is 14.4 Å². The quantitative estimate of drug-likeness (QED) is 0.370.